The van der Waals surface area contributed by atoms with Crippen LogP contribution in [-0.4, -0.2) is 31.7 Å². The molecular formula is C19H24N2O4S. The molecule has 1 amide bonds. The van der Waals surface area contributed by atoms with E-state index < -0.39 is 10.0 Å². The highest BCUT2D eigenvalue weighted by molar-refractivity contribution is 7.89. The molecule has 0 aliphatic rings. The van der Waals surface area contributed by atoms with Crippen molar-refractivity contribution in [3.8, 4) is 0 Å². The van der Waals surface area contributed by atoms with E-state index in [-0.39, 0.29) is 10.8 Å². The van der Waals surface area contributed by atoms with Gasteiger partial charge in [0, 0.05) is 25.7 Å². The first kappa shape index (κ1) is 19.9. The quantitative estimate of drug-likeness (QED) is 0.719. The van der Waals surface area contributed by atoms with E-state index in [9.17, 15) is 13.2 Å². The highest BCUT2D eigenvalue weighted by atomic mass is 32.2. The molecule has 1 aromatic carbocycles. The van der Waals surface area contributed by atoms with Crippen LogP contribution in [0.25, 0.3) is 6.08 Å². The molecule has 26 heavy (non-hydrogen) atoms. The molecule has 0 aliphatic heterocycles. The first-order chi connectivity index (χ1) is 12.4. The van der Waals surface area contributed by atoms with Crippen LogP contribution >= 0.6 is 0 Å². The van der Waals surface area contributed by atoms with E-state index in [0.717, 1.165) is 11.3 Å². The van der Waals surface area contributed by atoms with Crippen LogP contribution in [0.3, 0.4) is 0 Å². The highest BCUT2D eigenvalue weighted by Gasteiger charge is 2.21. The number of aryl methyl sites for hydroxylation is 1. The lowest BCUT2D eigenvalue weighted by Crippen LogP contribution is -2.30. The minimum atomic E-state index is -3.46. The third-order valence-electron chi connectivity index (χ3n) is 3.89. The first-order valence-corrected chi connectivity index (χ1v) is 9.92. The summed E-state index contributed by atoms with van der Waals surface area (Å²) in [6, 6.07) is 10.2. The fraction of sp³-hybridized carbons (Fsp3) is 0.316. The number of furan rings is 1. The Balaban J connectivity index is 1.95. The number of sulfonamides is 1. The Hall–Kier alpha value is -2.38. The normalized spacial score (nSPS) is 12.0. The van der Waals surface area contributed by atoms with Gasteiger partial charge in [0.25, 0.3) is 0 Å². The Kier molecular flexibility index (Phi) is 6.76. The molecule has 0 aliphatic carbocycles. The van der Waals surface area contributed by atoms with Crippen LogP contribution in [0.2, 0.25) is 0 Å². The minimum absolute atomic E-state index is 0.251. The molecule has 0 unspecified atom stereocenters. The van der Waals surface area contributed by atoms with Crippen molar-refractivity contribution in [2.24, 2.45) is 0 Å². The predicted octanol–water partition coefficient (Wildman–Crippen LogP) is 2.95. The summed E-state index contributed by atoms with van der Waals surface area (Å²) < 4.78 is 31.6. The number of nitrogens with one attached hydrogen (secondary N) is 1. The van der Waals surface area contributed by atoms with E-state index in [1.54, 1.807) is 36.4 Å². The zero-order chi connectivity index (χ0) is 19.2. The van der Waals surface area contributed by atoms with Crippen molar-refractivity contribution in [3.63, 3.8) is 0 Å². The van der Waals surface area contributed by atoms with Crippen LogP contribution < -0.4 is 5.32 Å². The van der Waals surface area contributed by atoms with Crippen molar-refractivity contribution in [3.05, 3.63) is 59.6 Å². The molecule has 0 saturated carbocycles. The maximum absolute atomic E-state index is 12.4. The van der Waals surface area contributed by atoms with Crippen molar-refractivity contribution in [2.45, 2.75) is 32.2 Å². The van der Waals surface area contributed by atoms with E-state index in [1.165, 1.54) is 10.4 Å². The monoisotopic (exact) mass is 376 g/mol. The summed E-state index contributed by atoms with van der Waals surface area (Å²) in [6.07, 6.45) is 3.00. The fourth-order valence-electron chi connectivity index (χ4n) is 2.44. The number of amides is 1. The van der Waals surface area contributed by atoms with E-state index in [1.807, 2.05) is 26.8 Å². The van der Waals surface area contributed by atoms with Gasteiger partial charge in [0.05, 0.1) is 4.90 Å². The van der Waals surface area contributed by atoms with Crippen molar-refractivity contribution < 1.29 is 17.6 Å². The summed E-state index contributed by atoms with van der Waals surface area (Å²) in [6.45, 7) is 6.62. The lowest BCUT2D eigenvalue weighted by Gasteiger charge is -2.18. The number of hydrogen-bond donors (Lipinski definition) is 1. The Bertz CT molecular complexity index is 863. The SMILES string of the molecule is CCN(CC)S(=O)(=O)c1ccc(CNC(=O)/C=C/c2ccc(C)o2)cc1. The molecule has 0 saturated heterocycles. The van der Waals surface area contributed by atoms with Gasteiger partial charge in [0.1, 0.15) is 11.5 Å². The lowest BCUT2D eigenvalue weighted by molar-refractivity contribution is -0.116. The number of carbonyl (C=O) groups excluding carboxylic acids is 1. The van der Waals surface area contributed by atoms with Crippen LogP contribution in [0.15, 0.2) is 51.8 Å². The van der Waals surface area contributed by atoms with Gasteiger partial charge in [0.15, 0.2) is 0 Å². The van der Waals surface area contributed by atoms with E-state index in [4.69, 9.17) is 4.42 Å². The minimum Gasteiger partial charge on any atom is -0.462 e. The van der Waals surface area contributed by atoms with Gasteiger partial charge < -0.3 is 9.73 Å². The largest absolute Gasteiger partial charge is 0.462 e. The molecule has 0 radical (unpaired) electrons. The van der Waals surface area contributed by atoms with Crippen molar-refractivity contribution in [1.29, 1.82) is 0 Å². The van der Waals surface area contributed by atoms with Crippen LogP contribution in [0.5, 0.6) is 0 Å². The summed E-state index contributed by atoms with van der Waals surface area (Å²) in [4.78, 5) is 12.1. The summed E-state index contributed by atoms with van der Waals surface area (Å²) in [7, 11) is -3.46. The summed E-state index contributed by atoms with van der Waals surface area (Å²) >= 11 is 0. The van der Waals surface area contributed by atoms with Gasteiger partial charge in [-0.05, 0) is 42.8 Å². The van der Waals surface area contributed by atoms with Gasteiger partial charge in [-0.2, -0.15) is 4.31 Å². The number of benzene rings is 1. The molecule has 2 aromatic rings. The smallest absolute Gasteiger partial charge is 0.244 e. The maximum Gasteiger partial charge on any atom is 0.244 e. The third kappa shape index (κ3) is 5.06. The lowest BCUT2D eigenvalue weighted by atomic mass is 10.2. The average Bonchev–Trinajstić information content (AvgIpc) is 3.04. The Morgan fingerprint density at radius 3 is 2.31 bits per heavy atom. The van der Waals surface area contributed by atoms with Crippen molar-refractivity contribution in [2.75, 3.05) is 13.1 Å². The van der Waals surface area contributed by atoms with Crippen LogP contribution in [-0.2, 0) is 21.4 Å². The molecule has 2 rings (SSSR count). The van der Waals surface area contributed by atoms with Crippen LogP contribution in [0.1, 0.15) is 30.9 Å². The average molecular weight is 376 g/mol. The summed E-state index contributed by atoms with van der Waals surface area (Å²) in [5.41, 5.74) is 0.819. The second kappa shape index (κ2) is 8.82. The number of nitrogens with zero attached hydrogens (tertiary/aromatic N) is 1. The topological polar surface area (TPSA) is 79.6 Å². The second-order valence-electron chi connectivity index (χ2n) is 5.73. The Morgan fingerprint density at radius 1 is 1.12 bits per heavy atom. The van der Waals surface area contributed by atoms with Gasteiger partial charge in [-0.1, -0.05) is 26.0 Å². The van der Waals surface area contributed by atoms with Crippen molar-refractivity contribution >= 4 is 22.0 Å². The summed E-state index contributed by atoms with van der Waals surface area (Å²) in [5.74, 6) is 1.15. The Labute approximate surface area is 154 Å². The molecule has 7 heteroatoms. The molecule has 1 N–H and O–H groups in total. The van der Waals surface area contributed by atoms with E-state index >= 15 is 0 Å². The standard InChI is InChI=1S/C19H24N2O4S/c1-4-21(5-2)26(23,24)18-11-7-16(8-12-18)14-20-19(22)13-10-17-9-6-15(3)25-17/h6-13H,4-5,14H2,1-3H3,(H,20,22)/b13-10+. The molecule has 6 nitrogen and oxygen atoms in total. The molecule has 0 fully saturated rings. The van der Waals surface area contributed by atoms with Gasteiger partial charge in [-0.25, -0.2) is 8.42 Å². The number of carbonyl (C=O) groups is 1. The molecule has 1 heterocycles. The van der Waals surface area contributed by atoms with Gasteiger partial charge in [0.2, 0.25) is 15.9 Å². The summed E-state index contributed by atoms with van der Waals surface area (Å²) in [5, 5.41) is 2.75. The molecule has 0 atom stereocenters. The molecule has 140 valence electrons. The zero-order valence-corrected chi connectivity index (χ0v) is 16.0. The first-order valence-electron chi connectivity index (χ1n) is 8.48. The van der Waals surface area contributed by atoms with E-state index in [0.29, 0.717) is 25.4 Å². The number of hydrogen-bond acceptors (Lipinski definition) is 4. The molecule has 0 spiro atoms. The van der Waals surface area contributed by atoms with Gasteiger partial charge in [-0.3, -0.25) is 4.79 Å². The van der Waals surface area contributed by atoms with Gasteiger partial charge >= 0.3 is 0 Å². The number of rotatable bonds is 8. The maximum atomic E-state index is 12.4. The van der Waals surface area contributed by atoms with Crippen LogP contribution in [0, 0.1) is 6.92 Å². The fourth-order valence-corrected chi connectivity index (χ4v) is 3.90. The third-order valence-corrected chi connectivity index (χ3v) is 5.96. The van der Waals surface area contributed by atoms with Crippen LogP contribution in [0.4, 0.5) is 0 Å². The predicted molar refractivity (Wildman–Crippen MR) is 101 cm³/mol. The molecule has 1 aromatic heterocycles. The van der Waals surface area contributed by atoms with Gasteiger partial charge in [-0.15, -0.1) is 0 Å². The zero-order valence-electron chi connectivity index (χ0n) is 15.2. The second-order valence-corrected chi connectivity index (χ2v) is 7.67. The Morgan fingerprint density at radius 2 is 1.77 bits per heavy atom. The van der Waals surface area contributed by atoms with E-state index in [2.05, 4.69) is 5.32 Å². The highest BCUT2D eigenvalue weighted by Crippen LogP contribution is 2.16. The van der Waals surface area contributed by atoms with Crippen molar-refractivity contribution in [1.82, 2.24) is 9.62 Å². The molecule has 0 bridgehead atoms. The molecular weight excluding hydrogens is 352 g/mol.